The van der Waals surface area contributed by atoms with Crippen molar-refractivity contribution in [2.45, 2.75) is 46.6 Å². The van der Waals surface area contributed by atoms with Gasteiger partial charge in [-0.05, 0) is 25.7 Å². The van der Waals surface area contributed by atoms with Gasteiger partial charge in [0.2, 0.25) is 5.91 Å². The number of aryl methyl sites for hydroxylation is 1. The van der Waals surface area contributed by atoms with Gasteiger partial charge in [-0.1, -0.05) is 20.8 Å². The van der Waals surface area contributed by atoms with Crippen LogP contribution in [0.25, 0.3) is 0 Å². The second-order valence-electron chi connectivity index (χ2n) is 5.15. The van der Waals surface area contributed by atoms with Crippen LogP contribution in [0.5, 0.6) is 0 Å². The molecule has 0 saturated heterocycles. The van der Waals surface area contributed by atoms with E-state index in [2.05, 4.69) is 36.4 Å². The van der Waals surface area contributed by atoms with E-state index in [1.807, 2.05) is 13.1 Å². The highest BCUT2D eigenvalue weighted by molar-refractivity contribution is 7.11. The number of hydrogen-bond acceptors (Lipinski definition) is 4. The molecule has 1 rings (SSSR count). The second kappa shape index (κ2) is 8.27. The summed E-state index contributed by atoms with van der Waals surface area (Å²) < 4.78 is 0. The van der Waals surface area contributed by atoms with Gasteiger partial charge in [-0.2, -0.15) is 0 Å². The highest BCUT2D eigenvalue weighted by atomic mass is 32.1. The number of thiazole rings is 1. The van der Waals surface area contributed by atoms with E-state index in [9.17, 15) is 4.79 Å². The number of amides is 1. The van der Waals surface area contributed by atoms with Crippen molar-refractivity contribution >= 4 is 17.2 Å². The van der Waals surface area contributed by atoms with E-state index in [-0.39, 0.29) is 11.9 Å². The zero-order chi connectivity index (χ0) is 14.3. The van der Waals surface area contributed by atoms with E-state index >= 15 is 0 Å². The van der Waals surface area contributed by atoms with Crippen LogP contribution in [0.3, 0.4) is 0 Å². The molecule has 0 saturated carbocycles. The zero-order valence-corrected chi connectivity index (χ0v) is 13.1. The van der Waals surface area contributed by atoms with Crippen molar-refractivity contribution in [1.29, 1.82) is 0 Å². The Labute approximate surface area is 120 Å². The van der Waals surface area contributed by atoms with Crippen molar-refractivity contribution in [3.63, 3.8) is 0 Å². The molecule has 0 aliphatic rings. The van der Waals surface area contributed by atoms with Crippen LogP contribution >= 0.6 is 11.3 Å². The largest absolute Gasteiger partial charge is 0.355 e. The molecule has 2 N–H and O–H groups in total. The third-order valence-electron chi connectivity index (χ3n) is 2.90. The number of hydrogen-bond donors (Lipinski definition) is 2. The van der Waals surface area contributed by atoms with Crippen molar-refractivity contribution in [2.75, 3.05) is 13.1 Å². The molecule has 0 aliphatic carbocycles. The number of rotatable bonds is 8. The van der Waals surface area contributed by atoms with E-state index < -0.39 is 0 Å². The lowest BCUT2D eigenvalue weighted by atomic mass is 10.1. The smallest absolute Gasteiger partial charge is 0.233 e. The fourth-order valence-electron chi connectivity index (χ4n) is 1.58. The Bertz CT molecular complexity index is 390. The van der Waals surface area contributed by atoms with Gasteiger partial charge in [0.25, 0.3) is 0 Å². The Balaban J connectivity index is 2.25. The van der Waals surface area contributed by atoms with Crippen molar-refractivity contribution < 1.29 is 4.79 Å². The lowest BCUT2D eigenvalue weighted by Gasteiger charge is -2.11. The first-order valence-corrected chi connectivity index (χ1v) is 7.79. The molecule has 1 aromatic heterocycles. The van der Waals surface area contributed by atoms with Crippen molar-refractivity contribution in [1.82, 2.24) is 15.6 Å². The van der Waals surface area contributed by atoms with E-state index in [0.29, 0.717) is 12.5 Å². The molecule has 1 unspecified atom stereocenters. The van der Waals surface area contributed by atoms with Crippen LogP contribution in [0, 0.1) is 5.92 Å². The highest BCUT2D eigenvalue weighted by Gasteiger charge is 2.11. The van der Waals surface area contributed by atoms with Gasteiger partial charge in [-0.3, -0.25) is 10.1 Å². The Morgan fingerprint density at radius 2 is 2.16 bits per heavy atom. The van der Waals surface area contributed by atoms with Crippen LogP contribution in [0.15, 0.2) is 6.20 Å². The molecule has 5 heteroatoms. The highest BCUT2D eigenvalue weighted by Crippen LogP contribution is 2.19. The zero-order valence-electron chi connectivity index (χ0n) is 12.3. The summed E-state index contributed by atoms with van der Waals surface area (Å²) in [6.45, 7) is 9.57. The molecular formula is C14H25N3OS. The normalized spacial score (nSPS) is 12.7. The predicted molar refractivity (Wildman–Crippen MR) is 80.4 cm³/mol. The van der Waals surface area contributed by atoms with Crippen molar-refractivity contribution in [3.05, 3.63) is 16.1 Å². The van der Waals surface area contributed by atoms with Crippen LogP contribution in [0.1, 0.15) is 50.0 Å². The topological polar surface area (TPSA) is 54.0 Å². The van der Waals surface area contributed by atoms with Crippen molar-refractivity contribution in [2.24, 2.45) is 5.92 Å². The number of nitrogens with one attached hydrogen (secondary N) is 2. The van der Waals surface area contributed by atoms with Crippen molar-refractivity contribution in [3.8, 4) is 0 Å². The number of aromatic nitrogens is 1. The SMILES string of the molecule is CCc1cnc(C(C)NCC(=O)NCCC(C)C)s1. The second-order valence-corrected chi connectivity index (χ2v) is 6.30. The summed E-state index contributed by atoms with van der Waals surface area (Å²) in [6, 6.07) is 0.126. The van der Waals surface area contributed by atoms with Crippen LogP contribution in [0.4, 0.5) is 0 Å². The first kappa shape index (κ1) is 16.1. The maximum Gasteiger partial charge on any atom is 0.233 e. The van der Waals surface area contributed by atoms with Crippen LogP contribution in [-0.2, 0) is 11.2 Å². The van der Waals surface area contributed by atoms with Crippen LogP contribution < -0.4 is 10.6 Å². The van der Waals surface area contributed by atoms with Gasteiger partial charge in [0.1, 0.15) is 5.01 Å². The fourth-order valence-corrected chi connectivity index (χ4v) is 2.47. The molecular weight excluding hydrogens is 258 g/mol. The minimum absolute atomic E-state index is 0.0553. The maximum absolute atomic E-state index is 11.6. The standard InChI is InChI=1S/C14H25N3OS/c1-5-12-8-17-14(19-12)11(4)16-9-13(18)15-7-6-10(2)3/h8,10-11,16H,5-7,9H2,1-4H3,(H,15,18). The molecule has 0 aliphatic heterocycles. The van der Waals surface area contributed by atoms with E-state index in [4.69, 9.17) is 0 Å². The molecule has 0 aromatic carbocycles. The molecule has 0 fully saturated rings. The summed E-state index contributed by atoms with van der Waals surface area (Å²) >= 11 is 1.71. The fraction of sp³-hybridized carbons (Fsp3) is 0.714. The Morgan fingerprint density at radius 1 is 1.42 bits per heavy atom. The van der Waals surface area contributed by atoms with Gasteiger partial charge >= 0.3 is 0 Å². The molecule has 108 valence electrons. The lowest BCUT2D eigenvalue weighted by Crippen LogP contribution is -2.35. The molecule has 0 spiro atoms. The van der Waals surface area contributed by atoms with Gasteiger partial charge < -0.3 is 5.32 Å². The minimum Gasteiger partial charge on any atom is -0.355 e. The molecule has 1 atom stereocenters. The average molecular weight is 283 g/mol. The average Bonchev–Trinajstić information content (AvgIpc) is 2.84. The van der Waals surface area contributed by atoms with E-state index in [0.717, 1.165) is 24.4 Å². The predicted octanol–water partition coefficient (Wildman–Crippen LogP) is 2.52. The molecule has 1 amide bonds. The maximum atomic E-state index is 11.6. The third-order valence-corrected chi connectivity index (χ3v) is 4.23. The first-order chi connectivity index (χ1) is 9.02. The number of nitrogens with zero attached hydrogens (tertiary/aromatic N) is 1. The first-order valence-electron chi connectivity index (χ1n) is 6.97. The monoisotopic (exact) mass is 283 g/mol. The molecule has 0 bridgehead atoms. The van der Waals surface area contributed by atoms with E-state index in [1.54, 1.807) is 11.3 Å². The molecule has 1 heterocycles. The third kappa shape index (κ3) is 6.16. The summed E-state index contributed by atoms with van der Waals surface area (Å²) in [5, 5.41) is 7.18. The molecule has 1 aromatic rings. The minimum atomic E-state index is 0.0553. The summed E-state index contributed by atoms with van der Waals surface area (Å²) in [5.74, 6) is 0.676. The quantitative estimate of drug-likeness (QED) is 0.771. The molecule has 0 radical (unpaired) electrons. The summed E-state index contributed by atoms with van der Waals surface area (Å²) in [4.78, 5) is 17.3. The summed E-state index contributed by atoms with van der Waals surface area (Å²) in [5.41, 5.74) is 0. The van der Waals surface area contributed by atoms with E-state index in [1.165, 1.54) is 4.88 Å². The number of carbonyl (C=O) groups is 1. The van der Waals surface area contributed by atoms with Gasteiger partial charge in [-0.25, -0.2) is 4.98 Å². The Morgan fingerprint density at radius 3 is 2.74 bits per heavy atom. The van der Waals surface area contributed by atoms with Gasteiger partial charge in [0, 0.05) is 17.6 Å². The van der Waals surface area contributed by atoms with Crippen LogP contribution in [-0.4, -0.2) is 24.0 Å². The van der Waals surface area contributed by atoms with Crippen LogP contribution in [0.2, 0.25) is 0 Å². The van der Waals surface area contributed by atoms with Gasteiger partial charge in [0.05, 0.1) is 12.6 Å². The van der Waals surface area contributed by atoms with Gasteiger partial charge in [0.15, 0.2) is 0 Å². The molecule has 4 nitrogen and oxygen atoms in total. The summed E-state index contributed by atoms with van der Waals surface area (Å²) in [7, 11) is 0. The molecule has 19 heavy (non-hydrogen) atoms. The number of carbonyl (C=O) groups excluding carboxylic acids is 1. The Kier molecular flexibility index (Phi) is 7.02. The van der Waals surface area contributed by atoms with Gasteiger partial charge in [-0.15, -0.1) is 11.3 Å². The summed E-state index contributed by atoms with van der Waals surface area (Å²) in [6.07, 6.45) is 3.95. The lowest BCUT2D eigenvalue weighted by molar-refractivity contribution is -0.120. The Hall–Kier alpha value is -0.940.